The second-order valence-electron chi connectivity index (χ2n) is 18.7. The van der Waals surface area contributed by atoms with E-state index < -0.39 is 28.7 Å². The van der Waals surface area contributed by atoms with Gasteiger partial charge in [0.1, 0.15) is 5.78 Å². The van der Waals surface area contributed by atoms with Gasteiger partial charge in [-0.2, -0.15) is 0 Å². The minimum absolute atomic E-state index is 0.0527. The van der Waals surface area contributed by atoms with Crippen molar-refractivity contribution < 1.29 is 38.7 Å². The van der Waals surface area contributed by atoms with Crippen LogP contribution in [-0.2, 0) is 28.5 Å². The van der Waals surface area contributed by atoms with Crippen LogP contribution in [0.3, 0.4) is 0 Å². The number of carboxylic acid groups (broad SMARTS) is 1. The van der Waals surface area contributed by atoms with E-state index in [1.54, 1.807) is 0 Å². The van der Waals surface area contributed by atoms with Crippen LogP contribution in [0.1, 0.15) is 147 Å². The predicted molar refractivity (Wildman–Crippen MR) is 199 cm³/mol. The molecule has 292 valence electrons. The standard InChI is InChI=1S/C43H72O8/c1-12-33(39(45)46)38-27(5)21-26(4)37(49-38)31(9)29(7)30(8)34(44)23-35-25(3)22-28(6)43(50-35)17-14-16-41(24-43)20-19-40(11,51-41)36-15-18-42(47,13-2)32(10)48-36/h14,17,25-33,35-38,47H,12-13,15-16,18-24H2,1-11H3,(H,45,46)/t25?,26-,27?,28?,29+,30?,31-,32-,33+,35?,36?,37?,38?,40-,41?,42+,43-/m0/s1. The van der Waals surface area contributed by atoms with Crippen molar-refractivity contribution in [3.05, 3.63) is 12.2 Å². The van der Waals surface area contributed by atoms with Crippen LogP contribution in [0.2, 0.25) is 0 Å². The van der Waals surface area contributed by atoms with Gasteiger partial charge in [-0.3, -0.25) is 9.59 Å². The molecule has 0 saturated carbocycles. The molecule has 0 radical (unpaired) electrons. The smallest absolute Gasteiger partial charge is 0.309 e. The number of carboxylic acids is 1. The van der Waals surface area contributed by atoms with Gasteiger partial charge in [-0.05, 0) is 107 Å². The summed E-state index contributed by atoms with van der Waals surface area (Å²) in [5.74, 6) is -0.0180. The Morgan fingerprint density at radius 1 is 0.922 bits per heavy atom. The lowest BCUT2D eigenvalue weighted by atomic mass is 9.67. The average Bonchev–Trinajstić information content (AvgIpc) is 3.40. The Hall–Kier alpha value is -1.32. The quantitative estimate of drug-likeness (QED) is 0.205. The molecule has 4 fully saturated rings. The van der Waals surface area contributed by atoms with Crippen molar-refractivity contribution in [2.24, 2.45) is 47.3 Å². The van der Waals surface area contributed by atoms with Crippen LogP contribution in [0.4, 0.5) is 0 Å². The monoisotopic (exact) mass is 717 g/mol. The van der Waals surface area contributed by atoms with Gasteiger partial charge in [-0.25, -0.2) is 0 Å². The maximum absolute atomic E-state index is 14.1. The first kappa shape index (κ1) is 40.9. The normalized spacial score (nSPS) is 46.9. The van der Waals surface area contributed by atoms with Crippen LogP contribution in [0.15, 0.2) is 12.2 Å². The Bertz CT molecular complexity index is 1270. The Morgan fingerprint density at radius 3 is 2.24 bits per heavy atom. The van der Waals surface area contributed by atoms with E-state index in [1.807, 2.05) is 20.8 Å². The van der Waals surface area contributed by atoms with Crippen molar-refractivity contribution in [1.82, 2.24) is 0 Å². The molecule has 0 aromatic carbocycles. The number of carbonyl (C=O) groups excluding carboxylic acids is 1. The molecule has 2 N–H and O–H groups in total. The molecule has 1 aliphatic carbocycles. The highest BCUT2D eigenvalue weighted by Gasteiger charge is 2.58. The Kier molecular flexibility index (Phi) is 12.4. The highest BCUT2D eigenvalue weighted by molar-refractivity contribution is 5.81. The lowest BCUT2D eigenvalue weighted by Crippen LogP contribution is -2.57. The van der Waals surface area contributed by atoms with Crippen LogP contribution in [0.5, 0.6) is 0 Å². The molecule has 0 aromatic heterocycles. The molecule has 4 saturated heterocycles. The second-order valence-corrected chi connectivity index (χ2v) is 18.7. The van der Waals surface area contributed by atoms with Crippen LogP contribution >= 0.6 is 0 Å². The summed E-state index contributed by atoms with van der Waals surface area (Å²) in [6.45, 7) is 23.4. The molecular weight excluding hydrogens is 644 g/mol. The third-order valence-corrected chi connectivity index (χ3v) is 15.2. The summed E-state index contributed by atoms with van der Waals surface area (Å²) in [5, 5.41) is 20.9. The summed E-state index contributed by atoms with van der Waals surface area (Å²) in [6, 6.07) is 0. The van der Waals surface area contributed by atoms with E-state index in [-0.39, 0.29) is 71.5 Å². The topological polar surface area (TPSA) is 112 Å². The molecule has 0 aromatic rings. The van der Waals surface area contributed by atoms with E-state index in [1.165, 1.54) is 0 Å². The van der Waals surface area contributed by atoms with Crippen LogP contribution in [0.25, 0.3) is 0 Å². The highest BCUT2D eigenvalue weighted by Crippen LogP contribution is 2.55. The molecule has 4 aliphatic heterocycles. The van der Waals surface area contributed by atoms with Gasteiger partial charge in [0, 0.05) is 18.8 Å². The van der Waals surface area contributed by atoms with E-state index in [4.69, 9.17) is 18.9 Å². The number of ether oxygens (including phenoxy) is 4. The molecular formula is C43H72O8. The summed E-state index contributed by atoms with van der Waals surface area (Å²) in [7, 11) is 0. The number of ketones is 1. The van der Waals surface area contributed by atoms with Gasteiger partial charge in [0.05, 0.1) is 58.8 Å². The van der Waals surface area contributed by atoms with Gasteiger partial charge in [0.2, 0.25) is 0 Å². The first-order valence-electron chi connectivity index (χ1n) is 20.7. The predicted octanol–water partition coefficient (Wildman–Crippen LogP) is 8.56. The van der Waals surface area contributed by atoms with E-state index in [9.17, 15) is 19.8 Å². The Morgan fingerprint density at radius 2 is 1.61 bits per heavy atom. The Balaban J connectivity index is 1.24. The van der Waals surface area contributed by atoms with Crippen molar-refractivity contribution in [2.45, 2.75) is 200 Å². The maximum Gasteiger partial charge on any atom is 0.309 e. The first-order chi connectivity index (χ1) is 23.8. The molecule has 17 atom stereocenters. The number of rotatable bonds is 11. The molecule has 2 spiro atoms. The van der Waals surface area contributed by atoms with Crippen LogP contribution in [0, 0.1) is 47.3 Å². The molecule has 0 amide bonds. The zero-order chi connectivity index (χ0) is 37.7. The van der Waals surface area contributed by atoms with Crippen molar-refractivity contribution in [3.8, 4) is 0 Å². The fourth-order valence-corrected chi connectivity index (χ4v) is 11.1. The molecule has 8 heteroatoms. The third kappa shape index (κ3) is 7.93. The summed E-state index contributed by atoms with van der Waals surface area (Å²) < 4.78 is 27.4. The SMILES string of the molecule is CC[C@@H](C(=O)O)C1OC([C@@H](C)[C@H](C)C(C)C(=O)CC2O[C@]3(C=CCC4(CC[C@@](C)(C5CC[C@](O)(CC)[C@H](C)O5)O4)C3)C(C)CC2C)[C@@H](C)CC1C. The van der Waals surface area contributed by atoms with Crippen LogP contribution in [-0.4, -0.2) is 74.9 Å². The van der Waals surface area contributed by atoms with E-state index in [0.29, 0.717) is 31.1 Å². The third-order valence-electron chi connectivity index (χ3n) is 15.2. The summed E-state index contributed by atoms with van der Waals surface area (Å²) in [4.78, 5) is 26.2. The van der Waals surface area contributed by atoms with Gasteiger partial charge in [0.25, 0.3) is 0 Å². The molecule has 51 heavy (non-hydrogen) atoms. The van der Waals surface area contributed by atoms with Crippen molar-refractivity contribution >= 4 is 11.8 Å². The fourth-order valence-electron chi connectivity index (χ4n) is 11.1. The summed E-state index contributed by atoms with van der Waals surface area (Å²) >= 11 is 0. The molecule has 4 heterocycles. The Labute approximate surface area is 309 Å². The zero-order valence-electron chi connectivity index (χ0n) is 33.8. The first-order valence-corrected chi connectivity index (χ1v) is 20.7. The van der Waals surface area contributed by atoms with E-state index >= 15 is 0 Å². The second kappa shape index (κ2) is 15.4. The average molecular weight is 717 g/mol. The maximum atomic E-state index is 14.1. The van der Waals surface area contributed by atoms with Gasteiger partial charge >= 0.3 is 5.97 Å². The molecule has 9 unspecified atom stereocenters. The van der Waals surface area contributed by atoms with Crippen molar-refractivity contribution in [2.75, 3.05) is 0 Å². The molecule has 5 aliphatic rings. The number of carbonyl (C=O) groups is 2. The van der Waals surface area contributed by atoms with Crippen molar-refractivity contribution in [1.29, 1.82) is 0 Å². The van der Waals surface area contributed by atoms with Gasteiger partial charge in [-0.1, -0.05) is 74.5 Å². The largest absolute Gasteiger partial charge is 0.481 e. The minimum atomic E-state index is -0.786. The fraction of sp³-hybridized carbons (Fsp3) is 0.907. The lowest BCUT2D eigenvalue weighted by molar-refractivity contribution is -0.245. The van der Waals surface area contributed by atoms with Gasteiger partial charge in [-0.15, -0.1) is 0 Å². The zero-order valence-corrected chi connectivity index (χ0v) is 33.8. The van der Waals surface area contributed by atoms with Crippen molar-refractivity contribution in [3.63, 3.8) is 0 Å². The van der Waals surface area contributed by atoms with Crippen LogP contribution < -0.4 is 0 Å². The highest BCUT2D eigenvalue weighted by atomic mass is 16.6. The molecule has 5 rings (SSSR count). The minimum Gasteiger partial charge on any atom is -0.481 e. The summed E-state index contributed by atoms with van der Waals surface area (Å²) in [5.41, 5.74) is -2.00. The number of aliphatic carboxylic acids is 1. The van der Waals surface area contributed by atoms with E-state index in [2.05, 4.69) is 67.5 Å². The summed E-state index contributed by atoms with van der Waals surface area (Å²) in [6.07, 6.45) is 12.2. The van der Waals surface area contributed by atoms with Gasteiger partial charge < -0.3 is 29.2 Å². The number of aliphatic hydroxyl groups is 1. The van der Waals surface area contributed by atoms with E-state index in [0.717, 1.165) is 51.4 Å². The number of hydrogen-bond acceptors (Lipinski definition) is 7. The number of Topliss-reactive ketones (excluding diaryl/α,β-unsaturated/α-hetero) is 1. The molecule has 0 bridgehead atoms. The van der Waals surface area contributed by atoms with Gasteiger partial charge in [0.15, 0.2) is 0 Å². The number of hydrogen-bond donors (Lipinski definition) is 2. The molecule has 8 nitrogen and oxygen atoms in total. The lowest BCUT2D eigenvalue weighted by Gasteiger charge is -2.53.